The topological polar surface area (TPSA) is 81.1 Å². The molecule has 1 aliphatic rings. The fourth-order valence-corrected chi connectivity index (χ4v) is 4.29. The number of rotatable bonds is 5. The van der Waals surface area contributed by atoms with Gasteiger partial charge in [-0.1, -0.05) is 11.6 Å². The van der Waals surface area contributed by atoms with Crippen molar-refractivity contribution in [3.63, 3.8) is 0 Å². The Balaban J connectivity index is 1.74. The van der Waals surface area contributed by atoms with E-state index in [1.807, 2.05) is 0 Å². The lowest BCUT2D eigenvalue weighted by Gasteiger charge is -2.16. The Labute approximate surface area is 164 Å². The second kappa shape index (κ2) is 7.84. The number of aromatic nitrogens is 2. The third-order valence-electron chi connectivity index (χ3n) is 4.44. The van der Waals surface area contributed by atoms with Crippen LogP contribution in [-0.4, -0.2) is 24.7 Å². The van der Waals surface area contributed by atoms with Crippen LogP contribution in [-0.2, 0) is 35.6 Å². The third-order valence-corrected chi connectivity index (χ3v) is 6.23. The molecule has 1 heterocycles. The number of hydrogen-bond donors (Lipinski definition) is 1. The fraction of sp³-hybridized carbons (Fsp3) is 0.412. The van der Waals surface area contributed by atoms with Crippen molar-refractivity contribution in [1.29, 1.82) is 0 Å². The molecule has 0 aliphatic heterocycles. The number of fused-ring (bicyclic) bond motifs is 1. The number of aryl methyl sites for hydroxylation is 2. The molecule has 1 N–H and O–H groups in total. The van der Waals surface area contributed by atoms with Crippen LogP contribution in [0.5, 0.6) is 0 Å². The van der Waals surface area contributed by atoms with Gasteiger partial charge in [0.25, 0.3) is 5.56 Å². The molecule has 0 unspecified atom stereocenters. The van der Waals surface area contributed by atoms with Crippen LogP contribution in [0.2, 0.25) is 5.02 Å². The molecule has 11 heteroatoms. The van der Waals surface area contributed by atoms with E-state index in [4.69, 9.17) is 11.6 Å². The van der Waals surface area contributed by atoms with Crippen LogP contribution in [0.25, 0.3) is 0 Å². The standard InChI is InChI=1S/C17H17ClF3N3O3S/c18-14-6-5-12(10-13(14)17(19,20)21)28(26,27)22-7-8-24-16(25)9-11-3-1-2-4-15(11)23-24/h5-6,9-10,22H,1-4,7-8H2. The molecule has 1 aliphatic carbocycles. The Hall–Kier alpha value is -1.91. The molecule has 1 aromatic heterocycles. The zero-order chi connectivity index (χ0) is 20.5. The van der Waals surface area contributed by atoms with Crippen molar-refractivity contribution in [3.8, 4) is 0 Å². The van der Waals surface area contributed by atoms with Crippen LogP contribution < -0.4 is 10.3 Å². The maximum Gasteiger partial charge on any atom is 0.417 e. The molecular formula is C17H17ClF3N3O3S. The van der Waals surface area contributed by atoms with Gasteiger partial charge in [-0.25, -0.2) is 17.8 Å². The highest BCUT2D eigenvalue weighted by molar-refractivity contribution is 7.89. The Morgan fingerprint density at radius 1 is 1.18 bits per heavy atom. The van der Waals surface area contributed by atoms with Crippen molar-refractivity contribution in [3.05, 3.63) is 56.5 Å². The predicted molar refractivity (Wildman–Crippen MR) is 96.8 cm³/mol. The van der Waals surface area contributed by atoms with Crippen LogP contribution in [0.4, 0.5) is 13.2 Å². The van der Waals surface area contributed by atoms with Gasteiger partial charge in [0.15, 0.2) is 0 Å². The molecule has 2 aromatic rings. The minimum atomic E-state index is -4.77. The van der Waals surface area contributed by atoms with E-state index in [9.17, 15) is 26.4 Å². The molecule has 0 bridgehead atoms. The fourth-order valence-electron chi connectivity index (χ4n) is 3.02. The first-order valence-corrected chi connectivity index (χ1v) is 10.4. The highest BCUT2D eigenvalue weighted by Crippen LogP contribution is 2.35. The quantitative estimate of drug-likeness (QED) is 0.783. The largest absolute Gasteiger partial charge is 0.417 e. The number of nitrogens with zero attached hydrogens (tertiary/aromatic N) is 2. The van der Waals surface area contributed by atoms with Gasteiger partial charge in [-0.3, -0.25) is 4.79 Å². The Morgan fingerprint density at radius 2 is 1.89 bits per heavy atom. The summed E-state index contributed by atoms with van der Waals surface area (Å²) >= 11 is 5.51. The lowest BCUT2D eigenvalue weighted by Crippen LogP contribution is -2.33. The third kappa shape index (κ3) is 4.56. The first-order valence-electron chi connectivity index (χ1n) is 8.54. The van der Waals surface area contributed by atoms with E-state index < -0.39 is 31.7 Å². The summed E-state index contributed by atoms with van der Waals surface area (Å²) in [6, 6.07) is 3.86. The van der Waals surface area contributed by atoms with Crippen LogP contribution in [0.3, 0.4) is 0 Å². The van der Waals surface area contributed by atoms with Crippen LogP contribution in [0.1, 0.15) is 29.7 Å². The van der Waals surface area contributed by atoms with Gasteiger partial charge in [-0.2, -0.15) is 18.3 Å². The van der Waals surface area contributed by atoms with E-state index in [-0.39, 0.29) is 18.6 Å². The molecule has 1 aromatic carbocycles. The monoisotopic (exact) mass is 435 g/mol. The van der Waals surface area contributed by atoms with Crippen LogP contribution in [0.15, 0.2) is 34.0 Å². The summed E-state index contributed by atoms with van der Waals surface area (Å²) in [4.78, 5) is 11.5. The molecule has 6 nitrogen and oxygen atoms in total. The number of nitrogens with one attached hydrogen (secondary N) is 1. The van der Waals surface area contributed by atoms with E-state index in [1.165, 1.54) is 6.07 Å². The van der Waals surface area contributed by atoms with E-state index in [0.717, 1.165) is 53.8 Å². The molecule has 0 saturated heterocycles. The van der Waals surface area contributed by atoms with Crippen molar-refractivity contribution in [2.24, 2.45) is 0 Å². The summed E-state index contributed by atoms with van der Waals surface area (Å²) in [6.07, 6.45) is -1.25. The molecule has 0 radical (unpaired) electrons. The molecule has 0 atom stereocenters. The average Bonchev–Trinajstić information content (AvgIpc) is 2.61. The number of sulfonamides is 1. The molecule has 152 valence electrons. The average molecular weight is 436 g/mol. The highest BCUT2D eigenvalue weighted by atomic mass is 35.5. The highest BCUT2D eigenvalue weighted by Gasteiger charge is 2.34. The van der Waals surface area contributed by atoms with E-state index in [0.29, 0.717) is 6.07 Å². The van der Waals surface area contributed by atoms with E-state index in [1.54, 1.807) is 0 Å². The summed E-state index contributed by atoms with van der Waals surface area (Å²) in [5.41, 5.74) is 0.158. The van der Waals surface area contributed by atoms with Crippen molar-refractivity contribution >= 4 is 21.6 Å². The second-order valence-corrected chi connectivity index (χ2v) is 8.60. The van der Waals surface area contributed by atoms with Gasteiger partial charge >= 0.3 is 6.18 Å². The van der Waals surface area contributed by atoms with Gasteiger partial charge in [-0.05, 0) is 49.4 Å². The molecule has 0 saturated carbocycles. The van der Waals surface area contributed by atoms with Crippen molar-refractivity contribution < 1.29 is 21.6 Å². The summed E-state index contributed by atoms with van der Waals surface area (Å²) < 4.78 is 66.7. The maximum atomic E-state index is 12.9. The Bertz CT molecular complexity index is 1050. The van der Waals surface area contributed by atoms with E-state index in [2.05, 4.69) is 9.82 Å². The molecule has 0 fully saturated rings. The minimum absolute atomic E-state index is 0.0366. The van der Waals surface area contributed by atoms with Gasteiger partial charge in [0.1, 0.15) is 0 Å². The van der Waals surface area contributed by atoms with Crippen LogP contribution >= 0.6 is 11.6 Å². The summed E-state index contributed by atoms with van der Waals surface area (Å²) in [5, 5.41) is 3.68. The molecule has 3 rings (SSSR count). The van der Waals surface area contributed by atoms with Crippen molar-refractivity contribution in [2.45, 2.75) is 43.3 Å². The normalized spacial score (nSPS) is 14.7. The van der Waals surface area contributed by atoms with Gasteiger partial charge in [-0.15, -0.1) is 0 Å². The number of benzene rings is 1. The van der Waals surface area contributed by atoms with E-state index >= 15 is 0 Å². The Kier molecular flexibility index (Phi) is 5.83. The molecular weight excluding hydrogens is 419 g/mol. The SMILES string of the molecule is O=c1cc2c(nn1CCNS(=O)(=O)c1ccc(Cl)c(C(F)(F)F)c1)CCCC2. The summed E-state index contributed by atoms with van der Waals surface area (Å²) in [5.74, 6) is 0. The van der Waals surface area contributed by atoms with Crippen LogP contribution in [0, 0.1) is 0 Å². The zero-order valence-corrected chi connectivity index (χ0v) is 16.2. The van der Waals surface area contributed by atoms with Gasteiger partial charge in [0.2, 0.25) is 10.0 Å². The van der Waals surface area contributed by atoms with Gasteiger partial charge in [0.05, 0.1) is 27.7 Å². The lowest BCUT2D eigenvalue weighted by atomic mass is 9.97. The minimum Gasteiger partial charge on any atom is -0.268 e. The lowest BCUT2D eigenvalue weighted by molar-refractivity contribution is -0.137. The van der Waals surface area contributed by atoms with Crippen molar-refractivity contribution in [1.82, 2.24) is 14.5 Å². The molecule has 28 heavy (non-hydrogen) atoms. The van der Waals surface area contributed by atoms with Gasteiger partial charge < -0.3 is 0 Å². The molecule has 0 amide bonds. The smallest absolute Gasteiger partial charge is 0.268 e. The number of halogens is 4. The Morgan fingerprint density at radius 3 is 2.61 bits per heavy atom. The maximum absolute atomic E-state index is 12.9. The first-order chi connectivity index (χ1) is 13.1. The number of hydrogen-bond acceptors (Lipinski definition) is 4. The summed E-state index contributed by atoms with van der Waals surface area (Å²) in [6.45, 7) is -0.233. The zero-order valence-electron chi connectivity index (χ0n) is 14.6. The molecule has 0 spiro atoms. The van der Waals surface area contributed by atoms with Crippen molar-refractivity contribution in [2.75, 3.05) is 6.54 Å². The number of alkyl halides is 3. The summed E-state index contributed by atoms with van der Waals surface area (Å²) in [7, 11) is -4.21. The predicted octanol–water partition coefficient (Wildman–Crippen LogP) is 2.77. The first kappa shape index (κ1) is 20.8. The second-order valence-electron chi connectivity index (χ2n) is 6.42. The van der Waals surface area contributed by atoms with Gasteiger partial charge in [0, 0.05) is 12.6 Å².